The lowest BCUT2D eigenvalue weighted by Gasteiger charge is -2.31. The normalized spacial score (nSPS) is 14.0. The highest BCUT2D eigenvalue weighted by atomic mass is 16.3. The summed E-state index contributed by atoms with van der Waals surface area (Å²) >= 11 is 0. The quantitative estimate of drug-likeness (QED) is 0.119. The Morgan fingerprint density at radius 2 is 1.07 bits per heavy atom. The third-order valence-electron chi connectivity index (χ3n) is 15.7. The summed E-state index contributed by atoms with van der Waals surface area (Å²) < 4.78 is 15.3. The predicted molar refractivity (Wildman–Crippen MR) is 331 cm³/mol. The van der Waals surface area contributed by atoms with E-state index in [-0.39, 0.29) is 5.92 Å². The average Bonchev–Trinajstić information content (AvgIpc) is 4.32. The zero-order valence-corrected chi connectivity index (χ0v) is 43.9. The van der Waals surface area contributed by atoms with E-state index in [0.717, 1.165) is 99.5 Å². The van der Waals surface area contributed by atoms with Crippen LogP contribution in [0.5, 0.6) is 0 Å². The van der Waals surface area contributed by atoms with Gasteiger partial charge in [0.1, 0.15) is 28.1 Å². The van der Waals surface area contributed by atoms with E-state index in [1.807, 2.05) is 85.1 Å². The molecule has 0 N–H and O–H groups in total. The van der Waals surface area contributed by atoms with E-state index in [4.69, 9.17) is 33.8 Å². The molecule has 15 rings (SSSR count). The Morgan fingerprint density at radius 3 is 1.81 bits per heavy atom. The zero-order chi connectivity index (χ0) is 54.0. The van der Waals surface area contributed by atoms with E-state index in [2.05, 4.69) is 175 Å². The highest BCUT2D eigenvalue weighted by Gasteiger charge is 2.32. The van der Waals surface area contributed by atoms with E-state index in [0.29, 0.717) is 46.6 Å². The van der Waals surface area contributed by atoms with Gasteiger partial charge in [-0.25, -0.2) is 19.9 Å². The fourth-order valence-corrected chi connectivity index (χ4v) is 11.8. The Hall–Kier alpha value is -10.8. The lowest BCUT2D eigenvalue weighted by molar-refractivity contribution is 0.654. The van der Waals surface area contributed by atoms with Crippen LogP contribution in [0.25, 0.3) is 134 Å². The number of nitrogens with zero attached hydrogens (tertiary/aromatic N) is 6. The second-order valence-electron chi connectivity index (χ2n) is 20.4. The van der Waals surface area contributed by atoms with Crippen LogP contribution in [0.4, 0.5) is 0 Å². The van der Waals surface area contributed by atoms with E-state index >= 15 is 0 Å². The largest absolute Gasteiger partial charge is 0.456 e. The molecule has 0 radical (unpaired) electrons. The third kappa shape index (κ3) is 8.28. The second kappa shape index (κ2) is 19.6. The maximum atomic E-state index is 6.43. The van der Waals surface area contributed by atoms with Gasteiger partial charge in [0.15, 0.2) is 17.5 Å². The van der Waals surface area contributed by atoms with E-state index in [1.54, 1.807) is 6.08 Å². The summed E-state index contributed by atoms with van der Waals surface area (Å²) in [5.74, 6) is 1.04. The van der Waals surface area contributed by atoms with Gasteiger partial charge in [0.2, 0.25) is 5.71 Å². The van der Waals surface area contributed by atoms with Crippen molar-refractivity contribution in [1.29, 1.82) is 0 Å². The van der Waals surface area contributed by atoms with E-state index < -0.39 is 0 Å². The summed E-state index contributed by atoms with van der Waals surface area (Å²) in [6, 6.07) is 76.5. The molecular formula is C73H48N6O2. The number of furan rings is 2. The Bertz CT molecular complexity index is 4790. The van der Waals surface area contributed by atoms with Crippen LogP contribution in [0, 0.1) is 0 Å². The first-order valence-corrected chi connectivity index (χ1v) is 27.1. The fraction of sp³-hybridized carbons (Fsp3) is 0.0274. The molecule has 0 bridgehead atoms. The van der Waals surface area contributed by atoms with Crippen LogP contribution in [0.2, 0.25) is 0 Å². The molecule has 6 heterocycles. The smallest absolute Gasteiger partial charge is 0.227 e. The molecule has 1 aliphatic rings. The summed E-state index contributed by atoms with van der Waals surface area (Å²) in [6.07, 6.45) is 10.3. The van der Waals surface area contributed by atoms with Gasteiger partial charge in [0.05, 0.1) is 11.0 Å². The van der Waals surface area contributed by atoms with Crippen LogP contribution in [-0.2, 0) is 0 Å². The van der Waals surface area contributed by atoms with Crippen molar-refractivity contribution in [3.05, 3.63) is 285 Å². The Morgan fingerprint density at radius 1 is 0.469 bits per heavy atom. The SMILES string of the molecule is C=C/C=C(\C=C)c1ccc(C2CC(c3nc(-c4cc5oc6ccccc6c5cn4)nc(-c4ccc5c(n4)oc4ccccc45)n3)=CC(c3ccc(-c4ccccc4)cc3)=C2n2c3ccccc3c3cc(-c4ccccc4)ccc32)cc1. The van der Waals surface area contributed by atoms with Gasteiger partial charge < -0.3 is 13.4 Å². The van der Waals surface area contributed by atoms with Gasteiger partial charge in [-0.3, -0.25) is 4.98 Å². The predicted octanol–water partition coefficient (Wildman–Crippen LogP) is 18.6. The molecule has 6 aromatic heterocycles. The maximum Gasteiger partial charge on any atom is 0.227 e. The van der Waals surface area contributed by atoms with Crippen molar-refractivity contribution in [2.24, 2.45) is 0 Å². The molecule has 0 aliphatic heterocycles. The lowest BCUT2D eigenvalue weighted by atomic mass is 9.79. The molecule has 14 aromatic rings. The molecule has 8 aromatic carbocycles. The minimum absolute atomic E-state index is 0.232. The molecule has 0 saturated heterocycles. The van der Waals surface area contributed by atoms with Gasteiger partial charge in [0, 0.05) is 61.8 Å². The van der Waals surface area contributed by atoms with Gasteiger partial charge in [-0.05, 0) is 105 Å². The molecule has 8 nitrogen and oxygen atoms in total. The van der Waals surface area contributed by atoms with Gasteiger partial charge in [-0.1, -0.05) is 201 Å². The number of hydrogen-bond acceptors (Lipinski definition) is 7. The zero-order valence-electron chi connectivity index (χ0n) is 43.9. The Labute approximate surface area is 466 Å². The summed E-state index contributed by atoms with van der Waals surface area (Å²) in [5, 5.41) is 6.13. The number of rotatable bonds is 11. The topological polar surface area (TPSA) is 95.7 Å². The van der Waals surface area contributed by atoms with Crippen molar-refractivity contribution in [3.63, 3.8) is 0 Å². The number of para-hydroxylation sites is 3. The number of benzene rings is 8. The molecule has 1 unspecified atom stereocenters. The van der Waals surface area contributed by atoms with Crippen LogP contribution in [0.1, 0.15) is 34.9 Å². The van der Waals surface area contributed by atoms with Crippen LogP contribution in [-0.4, -0.2) is 29.5 Å². The first-order valence-electron chi connectivity index (χ1n) is 27.1. The molecule has 382 valence electrons. The number of hydrogen-bond donors (Lipinski definition) is 0. The van der Waals surface area contributed by atoms with Crippen molar-refractivity contribution in [2.75, 3.05) is 0 Å². The first kappa shape index (κ1) is 47.4. The monoisotopic (exact) mass is 1040 g/mol. The van der Waals surface area contributed by atoms with Gasteiger partial charge in [0.25, 0.3) is 0 Å². The molecule has 8 heteroatoms. The molecule has 0 amide bonds. The highest BCUT2D eigenvalue weighted by molar-refractivity contribution is 6.14. The van der Waals surface area contributed by atoms with Crippen LogP contribution in [0.3, 0.4) is 0 Å². The van der Waals surface area contributed by atoms with Gasteiger partial charge in [-0.15, -0.1) is 0 Å². The fourth-order valence-electron chi connectivity index (χ4n) is 11.8. The van der Waals surface area contributed by atoms with Crippen molar-refractivity contribution in [2.45, 2.75) is 12.3 Å². The van der Waals surface area contributed by atoms with Crippen molar-refractivity contribution in [1.82, 2.24) is 29.5 Å². The number of aromatic nitrogens is 6. The molecule has 0 spiro atoms. The van der Waals surface area contributed by atoms with Crippen molar-refractivity contribution in [3.8, 4) is 45.3 Å². The standard InChI is InChI=1S/C73H48N6O2/c1-3-17-45(4-2)48-28-32-50(33-29-48)58-41-53(70-76-71(62-38-37-57-55-23-12-16-27-67(55)81-73(57)75-62)78-72(77-70)63-43-68-61(44-74-63)56-24-13-15-26-66(56)80-68)42-59(51-34-30-49(31-35-51)46-18-7-5-8-19-46)69(58)79-64-25-14-11-22-54(64)60-40-52(36-39-65(60)79)47-20-9-6-10-21-47/h3-40,42-44,58H,1-2,41H2/b45-17+. The molecule has 0 saturated carbocycles. The Kier molecular flexibility index (Phi) is 11.4. The average molecular weight is 1040 g/mol. The molecule has 1 atom stereocenters. The number of fused-ring (bicyclic) bond motifs is 9. The highest BCUT2D eigenvalue weighted by Crippen LogP contribution is 2.50. The first-order chi connectivity index (χ1) is 40.0. The lowest BCUT2D eigenvalue weighted by Crippen LogP contribution is -2.16. The van der Waals surface area contributed by atoms with E-state index in [1.165, 1.54) is 16.3 Å². The third-order valence-corrected chi connectivity index (χ3v) is 15.7. The number of pyridine rings is 2. The molecular weight excluding hydrogens is 993 g/mol. The Balaban J connectivity index is 1.00. The van der Waals surface area contributed by atoms with E-state index in [9.17, 15) is 0 Å². The maximum absolute atomic E-state index is 6.43. The summed E-state index contributed by atoms with van der Waals surface area (Å²) in [4.78, 5) is 26.1. The summed E-state index contributed by atoms with van der Waals surface area (Å²) in [5.41, 5.74) is 17.9. The minimum atomic E-state index is -0.232. The molecule has 81 heavy (non-hydrogen) atoms. The van der Waals surface area contributed by atoms with Crippen molar-refractivity contribution < 1.29 is 8.83 Å². The molecule has 1 aliphatic carbocycles. The second-order valence-corrected chi connectivity index (χ2v) is 20.4. The van der Waals surface area contributed by atoms with Crippen LogP contribution in [0.15, 0.2) is 271 Å². The van der Waals surface area contributed by atoms with Crippen molar-refractivity contribution >= 4 is 88.2 Å². The summed E-state index contributed by atoms with van der Waals surface area (Å²) in [7, 11) is 0. The van der Waals surface area contributed by atoms with Crippen LogP contribution >= 0.6 is 0 Å². The van der Waals surface area contributed by atoms with Gasteiger partial charge >= 0.3 is 0 Å². The van der Waals surface area contributed by atoms with Gasteiger partial charge in [-0.2, -0.15) is 0 Å². The number of allylic oxidation sites excluding steroid dienone is 8. The molecule has 0 fully saturated rings. The van der Waals surface area contributed by atoms with Crippen LogP contribution < -0.4 is 0 Å². The minimum Gasteiger partial charge on any atom is -0.456 e. The summed E-state index contributed by atoms with van der Waals surface area (Å²) in [6.45, 7) is 8.14.